The number of hydrogen-bond donors (Lipinski definition) is 3. The number of carbonyl (C=O) groups excluding carboxylic acids is 3. The van der Waals surface area contributed by atoms with E-state index in [9.17, 15) is 14.4 Å². The number of methoxy groups -OCH3 is 6. The van der Waals surface area contributed by atoms with Crippen LogP contribution in [-0.2, 0) is 115 Å². The van der Waals surface area contributed by atoms with Crippen LogP contribution in [-0.4, -0.2) is 100 Å². The fraction of sp³-hybridized carbons (Fsp3) is 0.196. The van der Waals surface area contributed by atoms with E-state index in [0.29, 0.717) is 5.76 Å². The topological polar surface area (TPSA) is 245 Å². The Morgan fingerprint density at radius 2 is 0.659 bits per heavy atom. The van der Waals surface area contributed by atoms with E-state index >= 15 is 0 Å². The molecule has 17 rings (SSSR count). The minimum absolute atomic E-state index is 0. The third-order valence-electron chi connectivity index (χ3n) is 19.9. The van der Waals surface area contributed by atoms with Crippen molar-refractivity contribution in [3.05, 3.63) is 315 Å². The standard InChI is InChI=1S/C22H18NO.C20H16NO2.C18H16NO2.2C16H14NOS.3C5H8O2.5Ir/c1-14-8-11-20(24-3)22-21(14)15(2)12-19(23-22)18-10-9-16-6-4-5-7-17(16)13-18;1-12-8-9-17(22-3)20-19(12)13(2)10-15(21-20)18-11-14-6-4-5-7-16(14)23-18;1-12-11-14(13-7-5-4-6-8-13)19-18-16(21-3)10-9-15(20-2)17(12)18;2*1-10-6-7-13(18-3)16-15(10)11(2)9-12(17-16)14-5-4-8-19-14;3*1-4(6)3-5(2)7;;;;;/h4-9,11-13H,1-3H3;4-10H,1-3H3;4-7,9-11H,1-3H3;2*4,6-9H,1-3H3;3*3,6H,1-2H3;;;;;/q5*-1;;;;;;;;. The number of ketones is 3. The number of thiophene rings is 2. The molecule has 0 fully saturated rings. The molecule has 8 aromatic heterocycles. The van der Waals surface area contributed by atoms with E-state index in [-0.39, 0.29) is 135 Å². The third kappa shape index (κ3) is 29.0. The largest absolute Gasteiger partial charge is 0.518 e. The minimum atomic E-state index is -0.125. The van der Waals surface area contributed by atoms with Crippen LogP contribution in [0.4, 0.5) is 0 Å². The Hall–Kier alpha value is -11.1. The third-order valence-corrected chi connectivity index (χ3v) is 21.5. The maximum Gasteiger partial charge on any atom is 0.155 e. The van der Waals surface area contributed by atoms with Gasteiger partial charge < -0.3 is 58.1 Å². The van der Waals surface area contributed by atoms with Crippen LogP contribution < -0.4 is 28.4 Å². The number of ether oxygens (including phenoxy) is 6. The summed E-state index contributed by atoms with van der Waals surface area (Å²) in [5.41, 5.74) is 22.5. The van der Waals surface area contributed by atoms with Gasteiger partial charge in [-0.05, 0) is 202 Å². The number of aliphatic hydroxyl groups is 3. The van der Waals surface area contributed by atoms with E-state index in [1.807, 2.05) is 126 Å². The number of furan rings is 1. The molecule has 0 amide bonds. The molecule has 0 aliphatic carbocycles. The van der Waals surface area contributed by atoms with Crippen molar-refractivity contribution in [2.45, 2.75) is 104 Å². The van der Waals surface area contributed by atoms with Crippen LogP contribution in [0.15, 0.2) is 239 Å². The second-order valence-corrected chi connectivity index (χ2v) is 31.7. The summed E-state index contributed by atoms with van der Waals surface area (Å²) in [5.74, 6) is 5.23. The first kappa shape index (κ1) is 111. The number of allylic oxidation sites excluding steroid dienone is 6. The molecule has 0 saturated heterocycles. The summed E-state index contributed by atoms with van der Waals surface area (Å²) in [4.78, 5) is 56.1. The molecule has 17 aromatic rings. The van der Waals surface area contributed by atoms with Gasteiger partial charge in [0.25, 0.3) is 0 Å². The van der Waals surface area contributed by atoms with Crippen molar-refractivity contribution >= 4 is 116 Å². The van der Waals surface area contributed by atoms with Crippen LogP contribution in [0.1, 0.15) is 91.6 Å². The van der Waals surface area contributed by atoms with Gasteiger partial charge in [0, 0.05) is 157 Å². The number of aliphatic hydroxyl groups excluding tert-OH is 3. The number of pyridine rings is 5. The van der Waals surface area contributed by atoms with Crippen LogP contribution in [0.3, 0.4) is 0 Å². The molecular formula is C107H102Ir5N5O13S2-5. The number of aromatic nitrogens is 5. The average molecular weight is 2690 g/mol. The van der Waals surface area contributed by atoms with Gasteiger partial charge in [0.1, 0.15) is 51.0 Å². The maximum absolute atomic E-state index is 10.0. The molecule has 0 unspecified atom stereocenters. The number of hydrogen-bond acceptors (Lipinski definition) is 20. The first-order chi connectivity index (χ1) is 60.9. The minimum Gasteiger partial charge on any atom is -0.518 e. The zero-order valence-corrected chi connectivity index (χ0v) is 90.5. The van der Waals surface area contributed by atoms with E-state index in [0.717, 1.165) is 144 Å². The van der Waals surface area contributed by atoms with Crippen molar-refractivity contribution in [1.29, 1.82) is 0 Å². The number of para-hydroxylation sites is 1. The first-order valence-electron chi connectivity index (χ1n) is 40.5. The van der Waals surface area contributed by atoms with E-state index in [2.05, 4.69) is 165 Å². The summed E-state index contributed by atoms with van der Waals surface area (Å²) in [6.45, 7) is 27.5. The Labute approximate surface area is 847 Å². The van der Waals surface area contributed by atoms with Crippen LogP contribution in [0.5, 0.6) is 34.5 Å². The number of carbonyl (C=O) groups is 3. The zero-order chi connectivity index (χ0) is 91.9. The van der Waals surface area contributed by atoms with Crippen LogP contribution >= 0.6 is 22.7 Å². The Morgan fingerprint density at radius 3 is 1.02 bits per heavy atom. The zero-order valence-electron chi connectivity index (χ0n) is 76.9. The summed E-state index contributed by atoms with van der Waals surface area (Å²) >= 11 is 3.30. The quantitative estimate of drug-likeness (QED) is 0.0520. The molecule has 695 valence electrons. The molecular weight excluding hydrogens is 2590 g/mol. The predicted molar refractivity (Wildman–Crippen MR) is 516 cm³/mol. The molecule has 132 heavy (non-hydrogen) atoms. The smallest absolute Gasteiger partial charge is 0.155 e. The summed E-state index contributed by atoms with van der Waals surface area (Å²) in [6.07, 6.45) is 3.50. The summed E-state index contributed by atoms with van der Waals surface area (Å²) in [5, 5.41) is 38.1. The van der Waals surface area contributed by atoms with Crippen molar-refractivity contribution in [3.8, 4) is 89.6 Å². The van der Waals surface area contributed by atoms with Crippen molar-refractivity contribution in [2.24, 2.45) is 0 Å². The second-order valence-electron chi connectivity index (χ2n) is 29.8. The van der Waals surface area contributed by atoms with Gasteiger partial charge in [0.2, 0.25) is 0 Å². The molecule has 0 saturated carbocycles. The monoisotopic (exact) mass is 2690 g/mol. The summed E-state index contributed by atoms with van der Waals surface area (Å²) in [6, 6.07) is 78.7. The van der Waals surface area contributed by atoms with Crippen LogP contribution in [0.25, 0.3) is 131 Å². The fourth-order valence-corrected chi connectivity index (χ4v) is 15.7. The molecule has 0 bridgehead atoms. The average Bonchev–Trinajstić information content (AvgIpc) is 1.14. The summed E-state index contributed by atoms with van der Waals surface area (Å²) < 4.78 is 38.7. The molecule has 0 aliphatic heterocycles. The van der Waals surface area contributed by atoms with Gasteiger partial charge in [0.05, 0.1) is 76.7 Å². The van der Waals surface area contributed by atoms with E-state index in [1.54, 1.807) is 65.3 Å². The number of aryl methyl sites for hydroxylation is 9. The van der Waals surface area contributed by atoms with Gasteiger partial charge in [-0.1, -0.05) is 123 Å². The SMILES string of the molecule is CC(=O)C=C(C)O.CC(=O)C=C(C)O.CC(=O)C=C(C)O.COc1ccc(C)c2c(C)cc(-c3[c-]c4ccccc4o3)nc12.COc1ccc(C)c2c(C)cc(-c3[c-]cc4ccccc4c3)nc12.COc1ccc(C)c2c(C)cc(-c3[c-]ccs3)nc12.COc1ccc(C)c2c(C)cc(-c3[c-]ccs3)nc12.COc1ccc(OC)c2c(C)cc(-c3[c-]cccc3)nc12.[Ir].[Ir].[Ir].[Ir].[Ir]. The van der Waals surface area contributed by atoms with Gasteiger partial charge >= 0.3 is 0 Å². The predicted octanol–water partition coefficient (Wildman–Crippen LogP) is 26.5. The van der Waals surface area contributed by atoms with E-state index in [1.165, 1.54) is 126 Å². The fourth-order valence-electron chi connectivity index (χ4n) is 14.4. The Kier molecular flexibility index (Phi) is 44.7. The number of rotatable bonds is 14. The van der Waals surface area contributed by atoms with Crippen molar-refractivity contribution < 1.29 is 163 Å². The molecule has 0 atom stereocenters. The van der Waals surface area contributed by atoms with Crippen LogP contribution in [0, 0.1) is 92.6 Å². The van der Waals surface area contributed by atoms with Gasteiger partial charge in [-0.3, -0.25) is 29.3 Å². The number of benzene rings is 9. The number of fused-ring (bicyclic) bond motifs is 7. The van der Waals surface area contributed by atoms with Gasteiger partial charge in [0.15, 0.2) is 17.3 Å². The molecule has 8 heterocycles. The second kappa shape index (κ2) is 53.0. The van der Waals surface area contributed by atoms with Gasteiger partial charge in [-0.15, -0.1) is 93.3 Å². The van der Waals surface area contributed by atoms with E-state index in [4.69, 9.17) is 73.1 Å². The normalized spacial score (nSPS) is 10.6. The maximum atomic E-state index is 10.0. The molecule has 5 radical (unpaired) electrons. The first-order valence-corrected chi connectivity index (χ1v) is 42.3. The Morgan fingerprint density at radius 1 is 0.333 bits per heavy atom. The van der Waals surface area contributed by atoms with Crippen molar-refractivity contribution in [3.63, 3.8) is 0 Å². The molecule has 18 nitrogen and oxygen atoms in total. The van der Waals surface area contributed by atoms with Crippen LogP contribution in [0.2, 0.25) is 0 Å². The molecule has 0 aliphatic rings. The van der Waals surface area contributed by atoms with Crippen molar-refractivity contribution in [1.82, 2.24) is 24.9 Å². The molecule has 9 aromatic carbocycles. The van der Waals surface area contributed by atoms with E-state index < -0.39 is 0 Å². The van der Waals surface area contributed by atoms with Gasteiger partial charge in [-0.2, -0.15) is 24.3 Å². The molecule has 3 N–H and O–H groups in total. The number of nitrogens with zero attached hydrogens (tertiary/aromatic N) is 5. The van der Waals surface area contributed by atoms with Gasteiger partial charge in [-0.25, -0.2) is 22.7 Å². The summed E-state index contributed by atoms with van der Waals surface area (Å²) in [7, 11) is 10.0. The Balaban J connectivity index is 0.000000275. The Bertz CT molecular complexity index is 6680. The molecule has 25 heteroatoms. The molecule has 0 spiro atoms. The van der Waals surface area contributed by atoms with Crippen molar-refractivity contribution in [2.75, 3.05) is 42.7 Å².